The third-order valence-corrected chi connectivity index (χ3v) is 3.65. The van der Waals surface area contributed by atoms with Gasteiger partial charge < -0.3 is 15.6 Å². The molecular formula is C13H20N2O2. The van der Waals surface area contributed by atoms with Crippen LogP contribution in [0.5, 0.6) is 0 Å². The van der Waals surface area contributed by atoms with Gasteiger partial charge >= 0.3 is 0 Å². The summed E-state index contributed by atoms with van der Waals surface area (Å²) in [5, 5.41) is 10.7. The Morgan fingerprint density at radius 1 is 1.47 bits per heavy atom. The number of aliphatic hydroxyl groups is 1. The van der Waals surface area contributed by atoms with Crippen LogP contribution in [0.4, 0.5) is 5.82 Å². The molecule has 0 bridgehead atoms. The average Bonchev–Trinajstić information content (AvgIpc) is 2.33. The van der Waals surface area contributed by atoms with E-state index in [1.165, 1.54) is 0 Å². The number of rotatable bonds is 2. The summed E-state index contributed by atoms with van der Waals surface area (Å²) in [5.41, 5.74) is 6.83. The highest BCUT2D eigenvalue weighted by Gasteiger charge is 2.36. The molecule has 1 aliphatic rings. The van der Waals surface area contributed by atoms with Gasteiger partial charge in [0.05, 0.1) is 11.7 Å². The number of aromatic nitrogens is 1. The fourth-order valence-corrected chi connectivity index (χ4v) is 2.53. The second-order valence-corrected chi connectivity index (χ2v) is 4.91. The highest BCUT2D eigenvalue weighted by Crippen LogP contribution is 2.39. The van der Waals surface area contributed by atoms with Crippen molar-refractivity contribution in [2.75, 3.05) is 12.8 Å². The third kappa shape index (κ3) is 2.42. The second-order valence-electron chi connectivity index (χ2n) is 4.91. The van der Waals surface area contributed by atoms with Crippen molar-refractivity contribution in [2.45, 2.75) is 44.3 Å². The number of nitrogen functional groups attached to an aromatic ring is 1. The summed E-state index contributed by atoms with van der Waals surface area (Å²) in [6.45, 7) is 1.96. The molecular weight excluding hydrogens is 216 g/mol. The van der Waals surface area contributed by atoms with Crippen LogP contribution < -0.4 is 5.73 Å². The van der Waals surface area contributed by atoms with Crippen LogP contribution in [0.25, 0.3) is 0 Å². The van der Waals surface area contributed by atoms with E-state index < -0.39 is 5.60 Å². The van der Waals surface area contributed by atoms with E-state index in [0.29, 0.717) is 18.7 Å². The predicted octanol–water partition coefficient (Wildman–Crippen LogP) is 1.75. The molecule has 1 aromatic rings. The first-order valence-electron chi connectivity index (χ1n) is 6.03. The van der Waals surface area contributed by atoms with E-state index in [0.717, 1.165) is 24.0 Å². The van der Waals surface area contributed by atoms with Crippen molar-refractivity contribution in [3.63, 3.8) is 0 Å². The van der Waals surface area contributed by atoms with Gasteiger partial charge in [-0.2, -0.15) is 0 Å². The lowest BCUT2D eigenvalue weighted by molar-refractivity contribution is -0.0471. The van der Waals surface area contributed by atoms with Gasteiger partial charge in [-0.25, -0.2) is 4.98 Å². The molecule has 0 spiro atoms. The zero-order valence-corrected chi connectivity index (χ0v) is 10.4. The lowest BCUT2D eigenvalue weighted by Gasteiger charge is -2.36. The zero-order chi connectivity index (χ0) is 12.5. The lowest BCUT2D eigenvalue weighted by Crippen LogP contribution is -2.35. The molecule has 1 fully saturated rings. The molecule has 1 aliphatic carbocycles. The second kappa shape index (κ2) is 4.63. The summed E-state index contributed by atoms with van der Waals surface area (Å²) in [6.07, 6.45) is 5.07. The Morgan fingerprint density at radius 2 is 2.12 bits per heavy atom. The third-order valence-electron chi connectivity index (χ3n) is 3.65. The van der Waals surface area contributed by atoms with E-state index in [-0.39, 0.29) is 6.10 Å². The van der Waals surface area contributed by atoms with Crippen molar-refractivity contribution in [3.8, 4) is 0 Å². The minimum absolute atomic E-state index is 0.259. The molecule has 0 saturated heterocycles. The Bertz CT molecular complexity index is 398. The van der Waals surface area contributed by atoms with E-state index in [2.05, 4.69) is 4.98 Å². The van der Waals surface area contributed by atoms with Gasteiger partial charge in [0, 0.05) is 18.9 Å². The summed E-state index contributed by atoms with van der Waals surface area (Å²) >= 11 is 0. The largest absolute Gasteiger partial charge is 0.385 e. The van der Waals surface area contributed by atoms with E-state index in [4.69, 9.17) is 10.5 Å². The van der Waals surface area contributed by atoms with Crippen molar-refractivity contribution in [3.05, 3.63) is 23.4 Å². The molecule has 1 saturated carbocycles. The molecule has 4 nitrogen and oxygen atoms in total. The fourth-order valence-electron chi connectivity index (χ4n) is 2.53. The first-order valence-corrected chi connectivity index (χ1v) is 6.03. The van der Waals surface area contributed by atoms with Crippen molar-refractivity contribution >= 4 is 5.82 Å². The Labute approximate surface area is 102 Å². The molecule has 0 aliphatic heterocycles. The van der Waals surface area contributed by atoms with Crippen molar-refractivity contribution < 1.29 is 9.84 Å². The Balaban J connectivity index is 2.24. The molecule has 0 atom stereocenters. The van der Waals surface area contributed by atoms with Crippen LogP contribution in [-0.2, 0) is 10.3 Å². The van der Waals surface area contributed by atoms with Crippen LogP contribution in [-0.4, -0.2) is 23.3 Å². The molecule has 0 amide bonds. The van der Waals surface area contributed by atoms with Gasteiger partial charge in [-0.1, -0.05) is 0 Å². The molecule has 0 aromatic carbocycles. The number of methoxy groups -OCH3 is 1. The molecule has 2 rings (SSSR count). The summed E-state index contributed by atoms with van der Waals surface area (Å²) in [6, 6.07) is 1.94. The highest BCUT2D eigenvalue weighted by atomic mass is 16.5. The van der Waals surface area contributed by atoms with Crippen molar-refractivity contribution in [2.24, 2.45) is 0 Å². The molecule has 17 heavy (non-hydrogen) atoms. The van der Waals surface area contributed by atoms with Crippen LogP contribution in [0, 0.1) is 6.92 Å². The SMILES string of the molecule is COC1CCC(O)(c2cc(C)cnc2N)CC1. The van der Waals surface area contributed by atoms with Crippen LogP contribution in [0.3, 0.4) is 0 Å². The Morgan fingerprint density at radius 3 is 2.71 bits per heavy atom. The molecule has 1 heterocycles. The first-order chi connectivity index (χ1) is 8.05. The number of nitrogens with zero attached hydrogens (tertiary/aromatic N) is 1. The van der Waals surface area contributed by atoms with Crippen LogP contribution >= 0.6 is 0 Å². The average molecular weight is 236 g/mol. The lowest BCUT2D eigenvalue weighted by atomic mass is 9.78. The molecule has 94 valence electrons. The van der Waals surface area contributed by atoms with Crippen LogP contribution in [0.1, 0.15) is 36.8 Å². The number of hydrogen-bond acceptors (Lipinski definition) is 4. The van der Waals surface area contributed by atoms with E-state index in [1.54, 1.807) is 13.3 Å². The predicted molar refractivity (Wildman–Crippen MR) is 66.5 cm³/mol. The maximum atomic E-state index is 10.7. The molecule has 4 heteroatoms. The first kappa shape index (κ1) is 12.3. The van der Waals surface area contributed by atoms with Crippen molar-refractivity contribution in [1.82, 2.24) is 4.98 Å². The summed E-state index contributed by atoms with van der Waals surface area (Å²) < 4.78 is 5.32. The Kier molecular flexibility index (Phi) is 3.35. The summed E-state index contributed by atoms with van der Waals surface area (Å²) in [4.78, 5) is 4.12. The monoisotopic (exact) mass is 236 g/mol. The van der Waals surface area contributed by atoms with Crippen LogP contribution in [0.2, 0.25) is 0 Å². The van der Waals surface area contributed by atoms with Crippen LogP contribution in [0.15, 0.2) is 12.3 Å². The number of aryl methyl sites for hydroxylation is 1. The fraction of sp³-hybridized carbons (Fsp3) is 0.615. The highest BCUT2D eigenvalue weighted by molar-refractivity contribution is 5.45. The van der Waals surface area contributed by atoms with Gasteiger partial charge in [-0.15, -0.1) is 0 Å². The summed E-state index contributed by atoms with van der Waals surface area (Å²) in [7, 11) is 1.72. The molecule has 0 radical (unpaired) electrons. The van der Waals surface area contributed by atoms with Crippen molar-refractivity contribution in [1.29, 1.82) is 0 Å². The number of hydrogen-bond donors (Lipinski definition) is 2. The normalized spacial score (nSPS) is 29.2. The number of ether oxygens (including phenoxy) is 1. The maximum Gasteiger partial charge on any atom is 0.129 e. The minimum atomic E-state index is -0.835. The zero-order valence-electron chi connectivity index (χ0n) is 10.4. The molecule has 3 N–H and O–H groups in total. The van der Waals surface area contributed by atoms with Gasteiger partial charge in [0.25, 0.3) is 0 Å². The summed E-state index contributed by atoms with van der Waals surface area (Å²) in [5.74, 6) is 0.439. The molecule has 0 unspecified atom stereocenters. The smallest absolute Gasteiger partial charge is 0.129 e. The topological polar surface area (TPSA) is 68.4 Å². The number of anilines is 1. The van der Waals surface area contributed by atoms with Gasteiger partial charge in [0.2, 0.25) is 0 Å². The van der Waals surface area contributed by atoms with E-state index >= 15 is 0 Å². The molecule has 1 aromatic heterocycles. The van der Waals surface area contributed by atoms with E-state index in [9.17, 15) is 5.11 Å². The van der Waals surface area contributed by atoms with Gasteiger partial charge in [-0.05, 0) is 44.2 Å². The maximum absolute atomic E-state index is 10.7. The van der Waals surface area contributed by atoms with Gasteiger partial charge in [0.1, 0.15) is 5.82 Å². The number of pyridine rings is 1. The van der Waals surface area contributed by atoms with E-state index in [1.807, 2.05) is 13.0 Å². The minimum Gasteiger partial charge on any atom is -0.385 e. The standard InChI is InChI=1S/C13H20N2O2/c1-9-7-11(12(14)15-8-9)13(16)5-3-10(17-2)4-6-13/h7-8,10,16H,3-6H2,1-2H3,(H2,14,15). The number of nitrogens with two attached hydrogens (primary N) is 1. The van der Waals surface area contributed by atoms with Gasteiger partial charge in [0.15, 0.2) is 0 Å². The quantitative estimate of drug-likeness (QED) is 0.820. The Hall–Kier alpha value is -1.13. The van der Waals surface area contributed by atoms with Gasteiger partial charge in [-0.3, -0.25) is 0 Å².